The molecule has 0 bridgehead atoms. The van der Waals surface area contributed by atoms with Gasteiger partial charge in [0.25, 0.3) is 0 Å². The van der Waals surface area contributed by atoms with Crippen LogP contribution in [0.3, 0.4) is 0 Å². The fourth-order valence-corrected chi connectivity index (χ4v) is 4.77. The maximum Gasteiger partial charge on any atom is 0.220 e. The Labute approximate surface area is 146 Å². The highest BCUT2D eigenvalue weighted by atomic mass is 35.5. The van der Waals surface area contributed by atoms with Crippen LogP contribution in [-0.4, -0.2) is 37.7 Å². The van der Waals surface area contributed by atoms with E-state index in [1.165, 1.54) is 32.1 Å². The number of amides is 1. The van der Waals surface area contributed by atoms with E-state index in [4.69, 9.17) is 4.74 Å². The monoisotopic (exact) mass is 344 g/mol. The fraction of sp³-hybridized carbons (Fsp3) is 0.944. The van der Waals surface area contributed by atoms with Gasteiger partial charge in [0.2, 0.25) is 5.91 Å². The van der Waals surface area contributed by atoms with Gasteiger partial charge in [-0.05, 0) is 64.0 Å². The molecule has 1 spiro atoms. The van der Waals surface area contributed by atoms with Crippen molar-refractivity contribution in [2.45, 2.75) is 70.9 Å². The molecule has 5 heteroatoms. The van der Waals surface area contributed by atoms with Crippen LogP contribution < -0.4 is 10.6 Å². The molecule has 0 radical (unpaired) electrons. The van der Waals surface area contributed by atoms with Crippen molar-refractivity contribution in [2.75, 3.05) is 19.7 Å². The predicted octanol–water partition coefficient (Wildman–Crippen LogP) is 2.90. The van der Waals surface area contributed by atoms with E-state index in [1.807, 2.05) is 0 Å². The normalized spacial score (nSPS) is 30.7. The third kappa shape index (κ3) is 3.85. The third-order valence-corrected chi connectivity index (χ3v) is 6.47. The number of hydrogen-bond acceptors (Lipinski definition) is 3. The van der Waals surface area contributed by atoms with Crippen molar-refractivity contribution in [3.8, 4) is 0 Å². The number of carbonyl (C=O) groups excluding carboxylic acids is 1. The first-order valence-corrected chi connectivity index (χ1v) is 9.27. The summed E-state index contributed by atoms with van der Waals surface area (Å²) < 4.78 is 5.87. The molecule has 3 unspecified atom stereocenters. The SMILES string of the molecule is CCOC1CC(NC(=O)CC(C)C2CCNCC2)C12CCC2.Cl. The molecule has 0 aromatic rings. The van der Waals surface area contributed by atoms with E-state index >= 15 is 0 Å². The Bertz CT molecular complexity index is 394. The summed E-state index contributed by atoms with van der Waals surface area (Å²) in [5.41, 5.74) is 0.281. The Morgan fingerprint density at radius 1 is 1.35 bits per heavy atom. The molecule has 3 atom stereocenters. The quantitative estimate of drug-likeness (QED) is 0.779. The van der Waals surface area contributed by atoms with Crippen molar-refractivity contribution in [3.63, 3.8) is 0 Å². The molecule has 3 rings (SSSR count). The third-order valence-electron chi connectivity index (χ3n) is 6.47. The van der Waals surface area contributed by atoms with Crippen molar-refractivity contribution in [2.24, 2.45) is 17.3 Å². The van der Waals surface area contributed by atoms with Crippen molar-refractivity contribution < 1.29 is 9.53 Å². The Hall–Kier alpha value is -0.320. The van der Waals surface area contributed by atoms with Crippen molar-refractivity contribution in [1.82, 2.24) is 10.6 Å². The topological polar surface area (TPSA) is 50.4 Å². The summed E-state index contributed by atoms with van der Waals surface area (Å²) in [6, 6.07) is 0.366. The second-order valence-electron chi connectivity index (χ2n) is 7.66. The zero-order valence-electron chi connectivity index (χ0n) is 14.6. The molecule has 2 N–H and O–H groups in total. The van der Waals surface area contributed by atoms with Gasteiger partial charge in [-0.15, -0.1) is 12.4 Å². The van der Waals surface area contributed by atoms with Gasteiger partial charge in [-0.1, -0.05) is 13.3 Å². The van der Waals surface area contributed by atoms with Crippen LogP contribution in [0.2, 0.25) is 0 Å². The number of ether oxygens (including phenoxy) is 1. The van der Waals surface area contributed by atoms with Crippen LogP contribution in [0.25, 0.3) is 0 Å². The first kappa shape index (κ1) is 19.0. The van der Waals surface area contributed by atoms with E-state index in [9.17, 15) is 4.79 Å². The van der Waals surface area contributed by atoms with Crippen molar-refractivity contribution in [3.05, 3.63) is 0 Å². The van der Waals surface area contributed by atoms with E-state index < -0.39 is 0 Å². The number of carbonyl (C=O) groups is 1. The smallest absolute Gasteiger partial charge is 0.220 e. The van der Waals surface area contributed by atoms with E-state index in [2.05, 4.69) is 24.5 Å². The summed E-state index contributed by atoms with van der Waals surface area (Å²) in [6.07, 6.45) is 8.28. The molecule has 2 aliphatic carbocycles. The number of halogens is 1. The Kier molecular flexibility index (Phi) is 6.76. The van der Waals surface area contributed by atoms with E-state index in [0.29, 0.717) is 30.4 Å². The van der Waals surface area contributed by atoms with Crippen LogP contribution in [0, 0.1) is 17.3 Å². The zero-order chi connectivity index (χ0) is 15.6. The number of piperidine rings is 1. The highest BCUT2D eigenvalue weighted by Gasteiger charge is 2.59. The molecule has 4 nitrogen and oxygen atoms in total. The molecule has 23 heavy (non-hydrogen) atoms. The molecule has 0 aromatic heterocycles. The van der Waals surface area contributed by atoms with Crippen LogP contribution in [-0.2, 0) is 9.53 Å². The molecule has 2 saturated carbocycles. The van der Waals surface area contributed by atoms with Gasteiger partial charge in [0.1, 0.15) is 0 Å². The van der Waals surface area contributed by atoms with E-state index in [0.717, 1.165) is 26.1 Å². The Balaban J connectivity index is 0.00000192. The van der Waals surface area contributed by atoms with Crippen LogP contribution in [0.1, 0.15) is 58.8 Å². The lowest BCUT2D eigenvalue weighted by molar-refractivity contribution is -0.176. The molecule has 3 aliphatic rings. The predicted molar refractivity (Wildman–Crippen MR) is 94.9 cm³/mol. The van der Waals surface area contributed by atoms with Gasteiger partial charge in [-0.25, -0.2) is 0 Å². The summed E-state index contributed by atoms with van der Waals surface area (Å²) in [6.45, 7) is 7.33. The van der Waals surface area contributed by atoms with Gasteiger partial charge in [0, 0.05) is 24.5 Å². The summed E-state index contributed by atoms with van der Waals surface area (Å²) in [5.74, 6) is 1.47. The van der Waals surface area contributed by atoms with Crippen LogP contribution in [0.15, 0.2) is 0 Å². The first-order valence-electron chi connectivity index (χ1n) is 9.27. The molecular formula is C18H33ClN2O2. The fourth-order valence-electron chi connectivity index (χ4n) is 4.77. The highest BCUT2D eigenvalue weighted by molar-refractivity contribution is 5.85. The minimum atomic E-state index is 0. The van der Waals surface area contributed by atoms with Gasteiger partial charge < -0.3 is 15.4 Å². The van der Waals surface area contributed by atoms with Gasteiger partial charge >= 0.3 is 0 Å². The molecule has 1 saturated heterocycles. The summed E-state index contributed by atoms with van der Waals surface area (Å²) in [4.78, 5) is 12.4. The highest BCUT2D eigenvalue weighted by Crippen LogP contribution is 2.57. The Morgan fingerprint density at radius 2 is 2.04 bits per heavy atom. The first-order chi connectivity index (χ1) is 10.7. The summed E-state index contributed by atoms with van der Waals surface area (Å²) >= 11 is 0. The van der Waals surface area contributed by atoms with Crippen LogP contribution >= 0.6 is 12.4 Å². The van der Waals surface area contributed by atoms with E-state index in [-0.39, 0.29) is 23.7 Å². The second-order valence-corrected chi connectivity index (χ2v) is 7.66. The van der Waals surface area contributed by atoms with Gasteiger partial charge in [-0.2, -0.15) is 0 Å². The molecule has 3 fully saturated rings. The molecular weight excluding hydrogens is 312 g/mol. The minimum Gasteiger partial charge on any atom is -0.378 e. The second kappa shape index (κ2) is 8.17. The summed E-state index contributed by atoms with van der Waals surface area (Å²) in [7, 11) is 0. The molecule has 1 heterocycles. The number of rotatable bonds is 6. The van der Waals surface area contributed by atoms with Crippen LogP contribution in [0.4, 0.5) is 0 Å². The number of nitrogens with one attached hydrogen (secondary N) is 2. The van der Waals surface area contributed by atoms with E-state index in [1.54, 1.807) is 0 Å². The zero-order valence-corrected chi connectivity index (χ0v) is 15.4. The van der Waals surface area contributed by atoms with Crippen molar-refractivity contribution in [1.29, 1.82) is 0 Å². The lowest BCUT2D eigenvalue weighted by Gasteiger charge is -2.61. The molecule has 134 valence electrons. The Morgan fingerprint density at radius 3 is 2.61 bits per heavy atom. The van der Waals surface area contributed by atoms with Crippen LogP contribution in [0.5, 0.6) is 0 Å². The average Bonchev–Trinajstić information content (AvgIpc) is 2.45. The lowest BCUT2D eigenvalue weighted by atomic mass is 9.51. The maximum absolute atomic E-state index is 12.4. The molecule has 1 aliphatic heterocycles. The maximum atomic E-state index is 12.4. The molecule has 1 amide bonds. The van der Waals surface area contributed by atoms with Gasteiger partial charge in [-0.3, -0.25) is 4.79 Å². The minimum absolute atomic E-state index is 0. The van der Waals surface area contributed by atoms with Gasteiger partial charge in [0.05, 0.1) is 6.10 Å². The summed E-state index contributed by atoms with van der Waals surface area (Å²) in [5, 5.41) is 6.73. The average molecular weight is 345 g/mol. The number of hydrogen-bond donors (Lipinski definition) is 2. The van der Waals surface area contributed by atoms with Gasteiger partial charge in [0.15, 0.2) is 0 Å². The largest absolute Gasteiger partial charge is 0.378 e. The lowest BCUT2D eigenvalue weighted by Crippen LogP contribution is -2.67. The molecule has 0 aromatic carbocycles. The van der Waals surface area contributed by atoms with Crippen molar-refractivity contribution >= 4 is 18.3 Å². The standard InChI is InChI=1S/C18H32N2O2.ClH/c1-3-22-16-12-15(18(16)7-4-8-18)20-17(21)11-13(2)14-5-9-19-10-6-14;/h13-16,19H,3-12H2,1-2H3,(H,20,21);1H.